The van der Waals surface area contributed by atoms with Crippen molar-refractivity contribution in [3.8, 4) is 0 Å². The molecule has 0 rings (SSSR count). The number of aliphatic hydroxyl groups excluding tert-OH is 1. The van der Waals surface area contributed by atoms with Gasteiger partial charge < -0.3 is 14.6 Å². The Bertz CT molecular complexity index is 1540. The summed E-state index contributed by atoms with van der Waals surface area (Å²) in [7, 11) is 0. The number of aliphatic hydroxyl groups is 1. The number of hydrogen-bond donors (Lipinski definition) is 1. The lowest BCUT2D eigenvalue weighted by atomic mass is 10.0. The van der Waals surface area contributed by atoms with Gasteiger partial charge in [-0.15, -0.1) is 0 Å². The molecule has 0 aliphatic heterocycles. The van der Waals surface area contributed by atoms with Gasteiger partial charge in [-0.2, -0.15) is 0 Å². The van der Waals surface area contributed by atoms with Gasteiger partial charge in [0.15, 0.2) is 6.10 Å². The van der Waals surface area contributed by atoms with Gasteiger partial charge in [-0.25, -0.2) is 0 Å². The van der Waals surface area contributed by atoms with E-state index in [1.165, 1.54) is 212 Å². The van der Waals surface area contributed by atoms with Gasteiger partial charge in [-0.05, 0) is 103 Å². The largest absolute Gasteiger partial charge is 0.462 e. The van der Waals surface area contributed by atoms with Crippen LogP contribution in [0.15, 0.2) is 109 Å². The molecule has 0 aliphatic carbocycles. The van der Waals surface area contributed by atoms with Crippen molar-refractivity contribution < 1.29 is 24.2 Å². The van der Waals surface area contributed by atoms with Crippen LogP contribution < -0.4 is 0 Å². The minimum atomic E-state index is -0.788. The minimum Gasteiger partial charge on any atom is -0.462 e. The van der Waals surface area contributed by atoms with E-state index in [2.05, 4.69) is 123 Å². The summed E-state index contributed by atoms with van der Waals surface area (Å²) in [6.07, 6.45) is 101. The zero-order valence-corrected chi connectivity index (χ0v) is 52.8. The average Bonchev–Trinajstić information content (AvgIpc) is 3.46. The Kier molecular flexibility index (Phi) is 66.8. The third-order valence-corrected chi connectivity index (χ3v) is 15.1. The molecule has 1 N–H and O–H groups in total. The third-order valence-electron chi connectivity index (χ3n) is 15.1. The Hall–Kier alpha value is -3.44. The van der Waals surface area contributed by atoms with Crippen molar-refractivity contribution >= 4 is 11.9 Å². The topological polar surface area (TPSA) is 72.8 Å². The lowest BCUT2D eigenvalue weighted by Crippen LogP contribution is -2.28. The second kappa shape index (κ2) is 69.8. The predicted octanol–water partition coefficient (Wildman–Crippen LogP) is 24.0. The Morgan fingerprint density at radius 2 is 0.537 bits per heavy atom. The van der Waals surface area contributed by atoms with E-state index in [1.807, 2.05) is 0 Å². The molecule has 0 aliphatic rings. The zero-order chi connectivity index (χ0) is 57.6. The summed E-state index contributed by atoms with van der Waals surface area (Å²) >= 11 is 0. The first-order valence-electron chi connectivity index (χ1n) is 34.4. The normalized spacial score (nSPS) is 12.9. The van der Waals surface area contributed by atoms with Crippen molar-refractivity contribution in [2.24, 2.45) is 0 Å². The maximum Gasteiger partial charge on any atom is 0.306 e. The molecule has 0 bridgehead atoms. The van der Waals surface area contributed by atoms with E-state index in [0.29, 0.717) is 12.8 Å². The smallest absolute Gasteiger partial charge is 0.306 e. The molecular formula is C75H130O5. The Labute approximate surface area is 497 Å². The predicted molar refractivity (Wildman–Crippen MR) is 352 cm³/mol. The van der Waals surface area contributed by atoms with Gasteiger partial charge in [0.05, 0.1) is 6.61 Å². The molecule has 1 unspecified atom stereocenters. The van der Waals surface area contributed by atoms with Crippen LogP contribution in [0.25, 0.3) is 0 Å². The van der Waals surface area contributed by atoms with Gasteiger partial charge in [-0.1, -0.05) is 329 Å². The molecule has 460 valence electrons. The number of rotatable bonds is 63. The Morgan fingerprint density at radius 1 is 0.300 bits per heavy atom. The van der Waals surface area contributed by atoms with Crippen molar-refractivity contribution in [1.29, 1.82) is 0 Å². The van der Waals surface area contributed by atoms with Crippen molar-refractivity contribution in [3.63, 3.8) is 0 Å². The SMILES string of the molecule is CC/C=C\C/C=C\C/C=C\C/C=C\C/C=C\C/C=C\C/C=C\C/C=C\CCCCCCCCC(=O)OC(CO)COC(=O)CCCCCCCCCCCCCCCCCCCCCCCCC/C=C\CCCCCCCCCC. The number of unbranched alkanes of at least 4 members (excludes halogenated alkanes) is 37. The first kappa shape index (κ1) is 76.6. The highest BCUT2D eigenvalue weighted by Gasteiger charge is 2.16. The number of allylic oxidation sites excluding steroid dienone is 18. The van der Waals surface area contributed by atoms with Crippen molar-refractivity contribution in [2.45, 2.75) is 341 Å². The number of ether oxygens (including phenoxy) is 2. The summed E-state index contributed by atoms with van der Waals surface area (Å²) in [4.78, 5) is 24.6. The van der Waals surface area contributed by atoms with Crippen LogP contribution in [0.5, 0.6) is 0 Å². The van der Waals surface area contributed by atoms with E-state index < -0.39 is 6.10 Å². The van der Waals surface area contributed by atoms with Gasteiger partial charge in [0.1, 0.15) is 6.61 Å². The molecule has 5 nitrogen and oxygen atoms in total. The molecule has 0 spiro atoms. The lowest BCUT2D eigenvalue weighted by molar-refractivity contribution is -0.161. The molecule has 5 heteroatoms. The molecule has 0 aromatic rings. The molecule has 0 aromatic heterocycles. The second-order valence-electron chi connectivity index (χ2n) is 22.9. The van der Waals surface area contributed by atoms with E-state index in [9.17, 15) is 14.7 Å². The summed E-state index contributed by atoms with van der Waals surface area (Å²) in [6, 6.07) is 0. The number of carbonyl (C=O) groups is 2. The van der Waals surface area contributed by atoms with Crippen LogP contribution in [-0.2, 0) is 19.1 Å². The number of esters is 2. The van der Waals surface area contributed by atoms with Crippen LogP contribution >= 0.6 is 0 Å². The fourth-order valence-corrected chi connectivity index (χ4v) is 9.92. The molecule has 0 saturated carbocycles. The van der Waals surface area contributed by atoms with Crippen molar-refractivity contribution in [1.82, 2.24) is 0 Å². The van der Waals surface area contributed by atoms with E-state index >= 15 is 0 Å². The summed E-state index contributed by atoms with van der Waals surface area (Å²) in [6.45, 7) is 4.04. The average molecular weight is 1110 g/mol. The van der Waals surface area contributed by atoms with Crippen LogP contribution in [0.4, 0.5) is 0 Å². The third kappa shape index (κ3) is 67.1. The summed E-state index contributed by atoms with van der Waals surface area (Å²) in [5.74, 6) is -0.601. The highest BCUT2D eigenvalue weighted by molar-refractivity contribution is 5.70. The first-order chi connectivity index (χ1) is 39.6. The van der Waals surface area contributed by atoms with Crippen LogP contribution in [0, 0.1) is 0 Å². The highest BCUT2D eigenvalue weighted by Crippen LogP contribution is 2.17. The number of hydrogen-bond acceptors (Lipinski definition) is 5. The molecular weight excluding hydrogens is 981 g/mol. The van der Waals surface area contributed by atoms with Gasteiger partial charge in [0.2, 0.25) is 0 Å². The van der Waals surface area contributed by atoms with Crippen LogP contribution in [0.3, 0.4) is 0 Å². The fraction of sp³-hybridized carbons (Fsp3) is 0.733. The Morgan fingerprint density at radius 3 is 0.825 bits per heavy atom. The second-order valence-corrected chi connectivity index (χ2v) is 22.9. The molecule has 0 aromatic carbocycles. The van der Waals surface area contributed by atoms with E-state index in [1.54, 1.807) is 0 Å². The fourth-order valence-electron chi connectivity index (χ4n) is 9.92. The van der Waals surface area contributed by atoms with E-state index in [0.717, 1.165) is 96.3 Å². The van der Waals surface area contributed by atoms with Crippen molar-refractivity contribution in [2.75, 3.05) is 13.2 Å². The van der Waals surface area contributed by atoms with Gasteiger partial charge in [-0.3, -0.25) is 9.59 Å². The molecule has 0 amide bonds. The van der Waals surface area contributed by atoms with Gasteiger partial charge in [0.25, 0.3) is 0 Å². The summed E-state index contributed by atoms with van der Waals surface area (Å²) in [5, 5.41) is 9.69. The summed E-state index contributed by atoms with van der Waals surface area (Å²) in [5.41, 5.74) is 0. The van der Waals surface area contributed by atoms with Crippen LogP contribution in [0.2, 0.25) is 0 Å². The van der Waals surface area contributed by atoms with Crippen LogP contribution in [0.1, 0.15) is 335 Å². The zero-order valence-electron chi connectivity index (χ0n) is 52.8. The van der Waals surface area contributed by atoms with Crippen molar-refractivity contribution in [3.05, 3.63) is 109 Å². The monoisotopic (exact) mass is 1110 g/mol. The lowest BCUT2D eigenvalue weighted by Gasteiger charge is -2.15. The van der Waals surface area contributed by atoms with Gasteiger partial charge >= 0.3 is 11.9 Å². The van der Waals surface area contributed by atoms with E-state index in [-0.39, 0.29) is 25.2 Å². The molecule has 0 fully saturated rings. The quantitative estimate of drug-likeness (QED) is 0.0373. The maximum absolute atomic E-state index is 12.4. The molecule has 0 heterocycles. The molecule has 0 radical (unpaired) electrons. The standard InChI is InChI=1S/C75H130O5/c1-3-5-7-9-11-13-15-17-19-21-23-25-27-29-31-33-35-36-37-38-40-41-43-45-47-49-51-53-55-57-59-61-63-65-67-69-74(77)79-72-73(71-76)80-75(78)70-68-66-64-62-60-58-56-54-52-50-48-46-44-42-39-34-32-30-28-26-24-22-20-18-16-14-12-10-8-6-4-2/h6,8,12,14,18,20-21,23-24,26,30,32,39,42,46,48,52,54,73,76H,3-5,7,9-11,13,15-17,19,22,25,27-29,31,33-38,40-41,43-45,47,49-51,53,55-72H2,1-2H3/b8-6-,14-12-,20-18-,23-21-,26-24-,32-30-,42-39-,48-46-,54-52-. The highest BCUT2D eigenvalue weighted by atomic mass is 16.6. The molecule has 0 saturated heterocycles. The minimum absolute atomic E-state index is 0.0747. The van der Waals surface area contributed by atoms with Crippen LogP contribution in [-0.4, -0.2) is 36.4 Å². The summed E-state index contributed by atoms with van der Waals surface area (Å²) < 4.78 is 10.7. The Balaban J connectivity index is 3.49. The van der Waals surface area contributed by atoms with Gasteiger partial charge in [0, 0.05) is 12.8 Å². The first-order valence-corrected chi connectivity index (χ1v) is 34.4. The van der Waals surface area contributed by atoms with E-state index in [4.69, 9.17) is 9.47 Å². The molecule has 80 heavy (non-hydrogen) atoms. The molecule has 1 atom stereocenters. The number of carbonyl (C=O) groups excluding carboxylic acids is 2. The maximum atomic E-state index is 12.4.